The molecule has 2 heteroatoms. The lowest BCUT2D eigenvalue weighted by molar-refractivity contribution is -0.144. The summed E-state index contributed by atoms with van der Waals surface area (Å²) >= 11 is 0. The lowest BCUT2D eigenvalue weighted by Gasteiger charge is -2.11. The topological polar surface area (TPSA) is 26.3 Å². The molecule has 0 aliphatic carbocycles. The molecule has 2 nitrogen and oxygen atoms in total. The maximum absolute atomic E-state index is 11.6. The smallest absolute Gasteiger partial charge is 0.306 e. The Balaban J connectivity index is 3.43. The first kappa shape index (κ1) is 17.2. The summed E-state index contributed by atoms with van der Waals surface area (Å²) in [7, 11) is 0. The molecule has 0 radical (unpaired) electrons. The van der Waals surface area contributed by atoms with Crippen LogP contribution in [-0.4, -0.2) is 12.6 Å². The Morgan fingerprint density at radius 1 is 1.17 bits per heavy atom. The van der Waals surface area contributed by atoms with Gasteiger partial charge in [0.05, 0.1) is 6.61 Å². The Kier molecular flexibility index (Phi) is 12.1. The van der Waals surface area contributed by atoms with Gasteiger partial charge in [-0.3, -0.25) is 4.79 Å². The lowest BCUT2D eigenvalue weighted by Crippen LogP contribution is -2.11. The zero-order chi connectivity index (χ0) is 13.6. The Morgan fingerprint density at radius 3 is 2.44 bits per heavy atom. The van der Waals surface area contributed by atoms with Crippen LogP contribution in [0.15, 0.2) is 12.7 Å². The van der Waals surface area contributed by atoms with Crippen molar-refractivity contribution in [2.24, 2.45) is 5.92 Å². The van der Waals surface area contributed by atoms with E-state index < -0.39 is 0 Å². The van der Waals surface area contributed by atoms with Crippen LogP contribution in [0.3, 0.4) is 0 Å². The molecule has 1 unspecified atom stereocenters. The van der Waals surface area contributed by atoms with E-state index in [1.165, 1.54) is 32.1 Å². The molecule has 0 saturated carbocycles. The number of ether oxygens (including phenoxy) is 1. The number of unbranched alkanes of at least 4 members (excludes halogenated alkanes) is 5. The molecular formula is C16H30O2. The largest absolute Gasteiger partial charge is 0.466 e. The summed E-state index contributed by atoms with van der Waals surface area (Å²) in [5, 5.41) is 0. The minimum atomic E-state index is -0.0442. The fourth-order valence-electron chi connectivity index (χ4n) is 1.99. The van der Waals surface area contributed by atoms with E-state index in [-0.39, 0.29) is 5.97 Å². The van der Waals surface area contributed by atoms with Crippen LogP contribution in [0.1, 0.15) is 71.6 Å². The minimum absolute atomic E-state index is 0.0442. The van der Waals surface area contributed by atoms with Gasteiger partial charge in [-0.05, 0) is 18.8 Å². The zero-order valence-electron chi connectivity index (χ0n) is 12.2. The third kappa shape index (κ3) is 10.4. The standard InChI is InChI=1S/C16H30O2/c1-4-7-8-9-10-11-13-18-16(17)14-15(6-3)12-5-2/h5,15H,2,4,6-14H2,1,3H3. The lowest BCUT2D eigenvalue weighted by atomic mass is 9.99. The third-order valence-corrected chi connectivity index (χ3v) is 3.29. The maximum Gasteiger partial charge on any atom is 0.306 e. The van der Waals surface area contributed by atoms with Crippen LogP contribution in [0.5, 0.6) is 0 Å². The number of carbonyl (C=O) groups excluding carboxylic acids is 1. The van der Waals surface area contributed by atoms with E-state index in [1.54, 1.807) is 0 Å². The molecule has 0 aromatic carbocycles. The van der Waals surface area contributed by atoms with Gasteiger partial charge in [-0.2, -0.15) is 0 Å². The van der Waals surface area contributed by atoms with Gasteiger partial charge in [0.25, 0.3) is 0 Å². The predicted octanol–water partition coefficient (Wildman–Crippen LogP) is 4.88. The average molecular weight is 254 g/mol. The van der Waals surface area contributed by atoms with Crippen molar-refractivity contribution < 1.29 is 9.53 Å². The molecule has 0 aliphatic heterocycles. The molecule has 0 aromatic rings. The first-order valence-corrected chi connectivity index (χ1v) is 7.51. The first-order chi connectivity index (χ1) is 8.74. The van der Waals surface area contributed by atoms with Crippen molar-refractivity contribution in [1.82, 2.24) is 0 Å². The van der Waals surface area contributed by atoms with Crippen molar-refractivity contribution in [1.29, 1.82) is 0 Å². The van der Waals surface area contributed by atoms with E-state index in [0.29, 0.717) is 18.9 Å². The Labute approximate surface area is 113 Å². The predicted molar refractivity (Wildman–Crippen MR) is 77.5 cm³/mol. The van der Waals surface area contributed by atoms with Crippen molar-refractivity contribution in [3.05, 3.63) is 12.7 Å². The summed E-state index contributed by atoms with van der Waals surface area (Å²) in [6.45, 7) is 8.63. The molecule has 0 heterocycles. The van der Waals surface area contributed by atoms with Gasteiger partial charge in [0.2, 0.25) is 0 Å². The van der Waals surface area contributed by atoms with Gasteiger partial charge in [-0.15, -0.1) is 6.58 Å². The average Bonchev–Trinajstić information content (AvgIpc) is 2.37. The molecule has 0 bridgehead atoms. The second kappa shape index (κ2) is 12.7. The minimum Gasteiger partial charge on any atom is -0.466 e. The van der Waals surface area contributed by atoms with E-state index in [2.05, 4.69) is 20.4 Å². The fraction of sp³-hybridized carbons (Fsp3) is 0.812. The van der Waals surface area contributed by atoms with Gasteiger partial charge in [-0.1, -0.05) is 58.4 Å². The number of carbonyl (C=O) groups is 1. The summed E-state index contributed by atoms with van der Waals surface area (Å²) < 4.78 is 5.25. The summed E-state index contributed by atoms with van der Waals surface area (Å²) in [5.74, 6) is 0.358. The highest BCUT2D eigenvalue weighted by molar-refractivity contribution is 5.69. The molecule has 0 saturated heterocycles. The normalized spacial score (nSPS) is 12.1. The Hall–Kier alpha value is -0.790. The molecule has 1 atom stereocenters. The molecule has 0 amide bonds. The summed E-state index contributed by atoms with van der Waals surface area (Å²) in [6.07, 6.45) is 11.7. The van der Waals surface area contributed by atoms with E-state index in [0.717, 1.165) is 19.3 Å². The molecular weight excluding hydrogens is 224 g/mol. The molecule has 0 fully saturated rings. The third-order valence-electron chi connectivity index (χ3n) is 3.29. The number of allylic oxidation sites excluding steroid dienone is 1. The second-order valence-corrected chi connectivity index (χ2v) is 4.99. The van der Waals surface area contributed by atoms with Crippen molar-refractivity contribution in [3.63, 3.8) is 0 Å². The Morgan fingerprint density at radius 2 is 1.83 bits per heavy atom. The van der Waals surface area contributed by atoms with E-state index in [4.69, 9.17) is 4.74 Å². The van der Waals surface area contributed by atoms with Crippen LogP contribution in [0.2, 0.25) is 0 Å². The van der Waals surface area contributed by atoms with E-state index >= 15 is 0 Å². The van der Waals surface area contributed by atoms with Crippen LogP contribution < -0.4 is 0 Å². The highest BCUT2D eigenvalue weighted by atomic mass is 16.5. The molecule has 18 heavy (non-hydrogen) atoms. The van der Waals surface area contributed by atoms with Gasteiger partial charge in [0.1, 0.15) is 0 Å². The number of esters is 1. The van der Waals surface area contributed by atoms with Gasteiger partial charge < -0.3 is 4.74 Å². The van der Waals surface area contributed by atoms with Crippen LogP contribution >= 0.6 is 0 Å². The molecule has 0 spiro atoms. The van der Waals surface area contributed by atoms with E-state index in [1.807, 2.05) is 6.08 Å². The van der Waals surface area contributed by atoms with Crippen molar-refractivity contribution in [3.8, 4) is 0 Å². The van der Waals surface area contributed by atoms with Crippen LogP contribution in [0, 0.1) is 5.92 Å². The van der Waals surface area contributed by atoms with E-state index in [9.17, 15) is 4.79 Å². The van der Waals surface area contributed by atoms with Gasteiger partial charge in [-0.25, -0.2) is 0 Å². The molecule has 0 N–H and O–H groups in total. The van der Waals surface area contributed by atoms with Crippen molar-refractivity contribution >= 4 is 5.97 Å². The molecule has 106 valence electrons. The first-order valence-electron chi connectivity index (χ1n) is 7.51. The van der Waals surface area contributed by atoms with Crippen molar-refractivity contribution in [2.75, 3.05) is 6.61 Å². The second-order valence-electron chi connectivity index (χ2n) is 4.99. The van der Waals surface area contributed by atoms with Gasteiger partial charge >= 0.3 is 5.97 Å². The monoisotopic (exact) mass is 254 g/mol. The highest BCUT2D eigenvalue weighted by Crippen LogP contribution is 2.14. The molecule has 0 aliphatic rings. The number of rotatable bonds is 12. The Bertz CT molecular complexity index is 211. The zero-order valence-corrected chi connectivity index (χ0v) is 12.2. The van der Waals surface area contributed by atoms with Crippen molar-refractivity contribution in [2.45, 2.75) is 71.6 Å². The molecule has 0 rings (SSSR count). The van der Waals surface area contributed by atoms with Gasteiger partial charge in [0.15, 0.2) is 0 Å². The fourth-order valence-corrected chi connectivity index (χ4v) is 1.99. The quantitative estimate of drug-likeness (QED) is 0.282. The van der Waals surface area contributed by atoms with Crippen LogP contribution in [-0.2, 0) is 9.53 Å². The molecule has 0 aromatic heterocycles. The number of hydrogen-bond donors (Lipinski definition) is 0. The summed E-state index contributed by atoms with van der Waals surface area (Å²) in [4.78, 5) is 11.6. The summed E-state index contributed by atoms with van der Waals surface area (Å²) in [6, 6.07) is 0. The number of hydrogen-bond acceptors (Lipinski definition) is 2. The van der Waals surface area contributed by atoms with Crippen LogP contribution in [0.4, 0.5) is 0 Å². The highest BCUT2D eigenvalue weighted by Gasteiger charge is 2.11. The maximum atomic E-state index is 11.6. The van der Waals surface area contributed by atoms with Crippen LogP contribution in [0.25, 0.3) is 0 Å². The summed E-state index contributed by atoms with van der Waals surface area (Å²) in [5.41, 5.74) is 0. The van der Waals surface area contributed by atoms with Gasteiger partial charge in [0, 0.05) is 6.42 Å². The SMILES string of the molecule is C=CCC(CC)CC(=O)OCCCCCCCC.